The van der Waals surface area contributed by atoms with Crippen LogP contribution in [0.2, 0.25) is 0 Å². The van der Waals surface area contributed by atoms with Crippen molar-refractivity contribution in [2.45, 2.75) is 44.6 Å². The predicted molar refractivity (Wildman–Crippen MR) is 107 cm³/mol. The molecule has 0 bridgehead atoms. The Bertz CT molecular complexity index is 646. The summed E-state index contributed by atoms with van der Waals surface area (Å²) in [6.45, 7) is 2.03. The standard InChI is InChI=1S/C20H28BrN3O2/c1-23(15-7-3-2-4-8-15)14-12-22-19(25)16-11-13-24(20(16)26)18-10-6-5-9-17(18)21/h5-6,9-10,15-16H,2-4,7-8,11-14H2,1H3,(H,22,25). The molecule has 0 radical (unpaired) electrons. The molecule has 1 saturated carbocycles. The highest BCUT2D eigenvalue weighted by Crippen LogP contribution is 2.31. The zero-order valence-electron chi connectivity index (χ0n) is 15.4. The van der Waals surface area contributed by atoms with E-state index < -0.39 is 5.92 Å². The summed E-state index contributed by atoms with van der Waals surface area (Å²) in [5, 5.41) is 2.97. The molecule has 1 N–H and O–H groups in total. The van der Waals surface area contributed by atoms with Gasteiger partial charge in [-0.3, -0.25) is 9.59 Å². The van der Waals surface area contributed by atoms with Crippen LogP contribution in [0.15, 0.2) is 28.7 Å². The van der Waals surface area contributed by atoms with Gasteiger partial charge in [0.05, 0.1) is 5.69 Å². The van der Waals surface area contributed by atoms with E-state index in [1.54, 1.807) is 4.90 Å². The molecule has 1 unspecified atom stereocenters. The molecule has 26 heavy (non-hydrogen) atoms. The van der Waals surface area contributed by atoms with Gasteiger partial charge in [-0.1, -0.05) is 31.4 Å². The van der Waals surface area contributed by atoms with Gasteiger partial charge in [0, 0.05) is 30.1 Å². The van der Waals surface area contributed by atoms with Crippen molar-refractivity contribution in [1.29, 1.82) is 0 Å². The Morgan fingerprint density at radius 1 is 1.23 bits per heavy atom. The van der Waals surface area contributed by atoms with Crippen molar-refractivity contribution < 1.29 is 9.59 Å². The number of anilines is 1. The summed E-state index contributed by atoms with van der Waals surface area (Å²) in [6.07, 6.45) is 7.05. The van der Waals surface area contributed by atoms with Crippen molar-refractivity contribution in [1.82, 2.24) is 10.2 Å². The molecule has 5 nitrogen and oxygen atoms in total. The lowest BCUT2D eigenvalue weighted by Crippen LogP contribution is -2.42. The molecule has 1 saturated heterocycles. The number of hydrogen-bond donors (Lipinski definition) is 1. The van der Waals surface area contributed by atoms with E-state index in [9.17, 15) is 9.59 Å². The molecule has 2 fully saturated rings. The number of halogens is 1. The van der Waals surface area contributed by atoms with E-state index >= 15 is 0 Å². The van der Waals surface area contributed by atoms with Crippen LogP contribution >= 0.6 is 15.9 Å². The van der Waals surface area contributed by atoms with Crippen LogP contribution in [0.25, 0.3) is 0 Å². The zero-order valence-corrected chi connectivity index (χ0v) is 17.0. The summed E-state index contributed by atoms with van der Waals surface area (Å²) in [5.41, 5.74) is 0.838. The van der Waals surface area contributed by atoms with E-state index in [2.05, 4.69) is 33.2 Å². The van der Waals surface area contributed by atoms with E-state index in [0.29, 0.717) is 25.6 Å². The Balaban J connectivity index is 1.48. The third-order valence-electron chi connectivity index (χ3n) is 5.63. The maximum Gasteiger partial charge on any atom is 0.239 e. The van der Waals surface area contributed by atoms with Crippen LogP contribution in [0.4, 0.5) is 5.69 Å². The number of para-hydroxylation sites is 1. The van der Waals surface area contributed by atoms with Crippen molar-refractivity contribution in [3.8, 4) is 0 Å². The highest BCUT2D eigenvalue weighted by Gasteiger charge is 2.38. The van der Waals surface area contributed by atoms with Crippen molar-refractivity contribution in [3.63, 3.8) is 0 Å². The molecule has 2 amide bonds. The molecule has 3 rings (SSSR count). The van der Waals surface area contributed by atoms with Gasteiger partial charge in [-0.25, -0.2) is 0 Å². The number of hydrogen-bond acceptors (Lipinski definition) is 3. The maximum absolute atomic E-state index is 12.7. The first-order valence-electron chi connectivity index (χ1n) is 9.62. The Hall–Kier alpha value is -1.40. The summed E-state index contributed by atoms with van der Waals surface area (Å²) in [4.78, 5) is 29.2. The van der Waals surface area contributed by atoms with Crippen LogP contribution in [0.5, 0.6) is 0 Å². The third-order valence-corrected chi connectivity index (χ3v) is 6.30. The van der Waals surface area contributed by atoms with Crippen LogP contribution in [0, 0.1) is 5.92 Å². The zero-order chi connectivity index (χ0) is 18.5. The number of amides is 2. The molecule has 0 spiro atoms. The largest absolute Gasteiger partial charge is 0.354 e. The number of carbonyl (C=O) groups excluding carboxylic acids is 2. The minimum atomic E-state index is -0.568. The van der Waals surface area contributed by atoms with Gasteiger partial charge >= 0.3 is 0 Å². The van der Waals surface area contributed by atoms with E-state index in [1.165, 1.54) is 32.1 Å². The number of nitrogens with zero attached hydrogens (tertiary/aromatic N) is 2. The molecule has 1 atom stereocenters. The molecular formula is C20H28BrN3O2. The molecule has 1 aromatic rings. The van der Waals surface area contributed by atoms with E-state index in [0.717, 1.165) is 16.7 Å². The highest BCUT2D eigenvalue weighted by atomic mass is 79.9. The van der Waals surface area contributed by atoms with Gasteiger partial charge in [0.2, 0.25) is 11.8 Å². The average Bonchev–Trinajstić information content (AvgIpc) is 3.04. The molecular weight excluding hydrogens is 394 g/mol. The minimum Gasteiger partial charge on any atom is -0.354 e. The summed E-state index contributed by atoms with van der Waals surface area (Å²) in [5.74, 6) is -0.807. The number of likely N-dealkylation sites (N-methyl/N-ethyl adjacent to an activating group) is 1. The monoisotopic (exact) mass is 421 g/mol. The summed E-state index contributed by atoms with van der Waals surface area (Å²) >= 11 is 3.49. The van der Waals surface area contributed by atoms with Crippen molar-refractivity contribution >= 4 is 33.4 Å². The first kappa shape index (κ1) is 19.4. The lowest BCUT2D eigenvalue weighted by molar-refractivity contribution is -0.132. The molecule has 142 valence electrons. The Morgan fingerprint density at radius 3 is 2.69 bits per heavy atom. The van der Waals surface area contributed by atoms with Gasteiger partial charge in [0.1, 0.15) is 5.92 Å². The summed E-state index contributed by atoms with van der Waals surface area (Å²) in [7, 11) is 2.14. The summed E-state index contributed by atoms with van der Waals surface area (Å²) in [6, 6.07) is 8.28. The average molecular weight is 422 g/mol. The smallest absolute Gasteiger partial charge is 0.239 e. The number of benzene rings is 1. The first-order valence-corrected chi connectivity index (χ1v) is 10.4. The van der Waals surface area contributed by atoms with Gasteiger partial charge in [0.25, 0.3) is 0 Å². The second kappa shape index (κ2) is 9.00. The Kier molecular flexibility index (Phi) is 6.70. The molecule has 1 heterocycles. The van der Waals surface area contributed by atoms with Crippen molar-refractivity contribution in [3.05, 3.63) is 28.7 Å². The fraction of sp³-hybridized carbons (Fsp3) is 0.600. The summed E-state index contributed by atoms with van der Waals surface area (Å²) < 4.78 is 0.878. The fourth-order valence-corrected chi connectivity index (χ4v) is 4.51. The van der Waals surface area contributed by atoms with Crippen molar-refractivity contribution in [2.75, 3.05) is 31.6 Å². The predicted octanol–water partition coefficient (Wildman–Crippen LogP) is 3.18. The van der Waals surface area contributed by atoms with Gasteiger partial charge < -0.3 is 15.1 Å². The van der Waals surface area contributed by atoms with Gasteiger partial charge in [-0.15, -0.1) is 0 Å². The number of nitrogens with one attached hydrogen (secondary N) is 1. The van der Waals surface area contributed by atoms with Gasteiger partial charge in [-0.2, -0.15) is 0 Å². The topological polar surface area (TPSA) is 52.7 Å². The highest BCUT2D eigenvalue weighted by molar-refractivity contribution is 9.10. The first-order chi connectivity index (χ1) is 12.6. The lowest BCUT2D eigenvalue weighted by Gasteiger charge is -2.31. The SMILES string of the molecule is CN(CCNC(=O)C1CCN(c2ccccc2Br)C1=O)C1CCCCC1. The van der Waals surface area contributed by atoms with Gasteiger partial charge in [0.15, 0.2) is 0 Å². The second-order valence-electron chi connectivity index (χ2n) is 7.35. The molecule has 1 aliphatic carbocycles. The normalized spacial score (nSPS) is 21.4. The second-order valence-corrected chi connectivity index (χ2v) is 8.20. The van der Waals surface area contributed by atoms with Crippen LogP contribution in [-0.2, 0) is 9.59 Å². The van der Waals surface area contributed by atoms with Crippen LogP contribution < -0.4 is 10.2 Å². The Labute approximate surface area is 164 Å². The quantitative estimate of drug-likeness (QED) is 0.717. The van der Waals surface area contributed by atoms with E-state index in [4.69, 9.17) is 0 Å². The van der Waals surface area contributed by atoms with E-state index in [-0.39, 0.29) is 11.8 Å². The molecule has 2 aliphatic rings. The third kappa shape index (κ3) is 4.46. The Morgan fingerprint density at radius 2 is 1.96 bits per heavy atom. The lowest BCUT2D eigenvalue weighted by atomic mass is 9.94. The van der Waals surface area contributed by atoms with Crippen LogP contribution in [-0.4, -0.2) is 49.4 Å². The van der Waals surface area contributed by atoms with Crippen LogP contribution in [0.1, 0.15) is 38.5 Å². The number of carbonyl (C=O) groups is 2. The minimum absolute atomic E-state index is 0.102. The van der Waals surface area contributed by atoms with Crippen molar-refractivity contribution in [2.24, 2.45) is 5.92 Å². The van der Waals surface area contributed by atoms with Crippen LogP contribution in [0.3, 0.4) is 0 Å². The van der Waals surface area contributed by atoms with E-state index in [1.807, 2.05) is 24.3 Å². The maximum atomic E-state index is 12.7. The molecule has 1 aromatic carbocycles. The molecule has 1 aliphatic heterocycles. The molecule has 6 heteroatoms. The fourth-order valence-electron chi connectivity index (χ4n) is 4.02. The van der Waals surface area contributed by atoms with Gasteiger partial charge in [-0.05, 0) is 54.4 Å². The number of rotatable bonds is 6. The molecule has 0 aromatic heterocycles.